The summed E-state index contributed by atoms with van der Waals surface area (Å²) in [5, 5.41) is 6.70. The summed E-state index contributed by atoms with van der Waals surface area (Å²) in [6, 6.07) is 4.68. The third-order valence-corrected chi connectivity index (χ3v) is 6.75. The second-order valence-corrected chi connectivity index (χ2v) is 10.7. The lowest BCUT2D eigenvalue weighted by atomic mass is 10.1. The smallest absolute Gasteiger partial charge is 0.227 e. The Kier molecular flexibility index (Phi) is 7.31. The van der Waals surface area contributed by atoms with Crippen molar-refractivity contribution < 1.29 is 9.47 Å². The molecule has 0 aromatic carbocycles. The summed E-state index contributed by atoms with van der Waals surface area (Å²) in [4.78, 5) is 22.6. The van der Waals surface area contributed by atoms with Crippen LogP contribution < -0.4 is 15.5 Å². The SMILES string of the molecule is CC(C)(C)N1CCN(c2nccc(NC3COC3)n2)CC1.c1cc(NC2COC2)nc(C2CC2)n1. The van der Waals surface area contributed by atoms with Gasteiger partial charge in [-0.25, -0.2) is 15.0 Å². The van der Waals surface area contributed by atoms with E-state index in [1.807, 2.05) is 24.5 Å². The van der Waals surface area contributed by atoms with E-state index < -0.39 is 0 Å². The van der Waals surface area contributed by atoms with E-state index in [0.29, 0.717) is 18.0 Å². The predicted octanol–water partition coefficient (Wildman–Crippen LogP) is 2.37. The van der Waals surface area contributed by atoms with E-state index in [0.717, 1.165) is 76.0 Å². The minimum absolute atomic E-state index is 0.237. The number of nitrogens with one attached hydrogen (secondary N) is 2. The third kappa shape index (κ3) is 6.56. The maximum Gasteiger partial charge on any atom is 0.227 e. The summed E-state index contributed by atoms with van der Waals surface area (Å²) in [7, 11) is 0. The number of hydrogen-bond donors (Lipinski definition) is 2. The summed E-state index contributed by atoms with van der Waals surface area (Å²) in [5.74, 6) is 4.28. The second kappa shape index (κ2) is 10.6. The second-order valence-electron chi connectivity index (χ2n) is 10.7. The Hall–Kier alpha value is -2.56. The molecule has 0 radical (unpaired) electrons. The zero-order valence-electron chi connectivity index (χ0n) is 21.1. The molecule has 1 aliphatic carbocycles. The summed E-state index contributed by atoms with van der Waals surface area (Å²) in [5.41, 5.74) is 0.237. The zero-order chi connectivity index (χ0) is 24.3. The first-order valence-corrected chi connectivity index (χ1v) is 12.8. The minimum Gasteiger partial charge on any atom is -0.377 e. The van der Waals surface area contributed by atoms with Crippen molar-refractivity contribution in [3.8, 4) is 0 Å². The molecule has 1 saturated carbocycles. The molecule has 2 N–H and O–H groups in total. The van der Waals surface area contributed by atoms with E-state index in [2.05, 4.69) is 61.1 Å². The van der Waals surface area contributed by atoms with E-state index in [-0.39, 0.29) is 5.54 Å². The van der Waals surface area contributed by atoms with Gasteiger partial charge in [-0.05, 0) is 45.7 Å². The molecule has 10 heteroatoms. The van der Waals surface area contributed by atoms with Crippen LogP contribution in [-0.4, -0.2) is 95.1 Å². The van der Waals surface area contributed by atoms with Crippen molar-refractivity contribution in [2.24, 2.45) is 0 Å². The Morgan fingerprint density at radius 2 is 1.37 bits per heavy atom. The number of nitrogens with zero attached hydrogens (tertiary/aromatic N) is 6. The van der Waals surface area contributed by atoms with Gasteiger partial charge in [0.25, 0.3) is 0 Å². The molecule has 10 nitrogen and oxygen atoms in total. The molecule has 0 atom stereocenters. The Bertz CT molecular complexity index is 964. The lowest BCUT2D eigenvalue weighted by Gasteiger charge is -2.42. The number of aromatic nitrogens is 4. The summed E-state index contributed by atoms with van der Waals surface area (Å²) < 4.78 is 10.3. The molecule has 6 rings (SSSR count). The molecular weight excluding hydrogens is 444 g/mol. The molecule has 4 aliphatic rings. The van der Waals surface area contributed by atoms with Crippen molar-refractivity contribution in [2.45, 2.75) is 57.2 Å². The minimum atomic E-state index is 0.237. The van der Waals surface area contributed by atoms with Crippen LogP contribution in [0, 0.1) is 0 Å². The highest BCUT2D eigenvalue weighted by Gasteiger charge is 2.28. The molecule has 0 bridgehead atoms. The highest BCUT2D eigenvalue weighted by Crippen LogP contribution is 2.38. The van der Waals surface area contributed by atoms with E-state index in [9.17, 15) is 0 Å². The van der Waals surface area contributed by atoms with Gasteiger partial charge in [0, 0.05) is 50.0 Å². The summed E-state index contributed by atoms with van der Waals surface area (Å²) >= 11 is 0. The number of piperazine rings is 1. The molecule has 190 valence electrons. The Labute approximate surface area is 207 Å². The van der Waals surface area contributed by atoms with Crippen LogP contribution in [0.1, 0.15) is 45.4 Å². The highest BCUT2D eigenvalue weighted by molar-refractivity contribution is 5.42. The molecule has 0 amide bonds. The van der Waals surface area contributed by atoms with Crippen molar-refractivity contribution in [1.29, 1.82) is 0 Å². The van der Waals surface area contributed by atoms with Crippen molar-refractivity contribution in [3.05, 3.63) is 30.4 Å². The molecule has 3 aliphatic heterocycles. The van der Waals surface area contributed by atoms with Crippen molar-refractivity contribution >= 4 is 17.6 Å². The average molecular weight is 483 g/mol. The largest absolute Gasteiger partial charge is 0.377 e. The molecule has 0 unspecified atom stereocenters. The quantitative estimate of drug-likeness (QED) is 0.638. The molecular formula is C25H38N8O2. The molecule has 35 heavy (non-hydrogen) atoms. The van der Waals surface area contributed by atoms with E-state index >= 15 is 0 Å². The molecule has 0 spiro atoms. The van der Waals surface area contributed by atoms with Crippen LogP contribution in [0.2, 0.25) is 0 Å². The Balaban J connectivity index is 0.000000156. The average Bonchev–Trinajstić information content (AvgIpc) is 3.65. The van der Waals surface area contributed by atoms with Gasteiger partial charge in [-0.2, -0.15) is 4.98 Å². The fourth-order valence-corrected chi connectivity index (χ4v) is 4.21. The molecule has 2 aromatic rings. The van der Waals surface area contributed by atoms with Gasteiger partial charge >= 0.3 is 0 Å². The van der Waals surface area contributed by atoms with Crippen LogP contribution in [0.25, 0.3) is 0 Å². The molecule has 4 fully saturated rings. The maximum atomic E-state index is 5.18. The molecule has 5 heterocycles. The first-order chi connectivity index (χ1) is 16.9. The van der Waals surface area contributed by atoms with Crippen LogP contribution in [0.5, 0.6) is 0 Å². The van der Waals surface area contributed by atoms with Crippen LogP contribution >= 0.6 is 0 Å². The highest BCUT2D eigenvalue weighted by atomic mass is 16.5. The Morgan fingerprint density at radius 1 is 0.800 bits per heavy atom. The maximum absolute atomic E-state index is 5.18. The fraction of sp³-hybridized carbons (Fsp3) is 0.680. The van der Waals surface area contributed by atoms with Gasteiger partial charge in [-0.1, -0.05) is 0 Å². The monoisotopic (exact) mass is 482 g/mol. The fourth-order valence-electron chi connectivity index (χ4n) is 4.21. The van der Waals surface area contributed by atoms with Crippen molar-refractivity contribution in [2.75, 3.05) is 68.1 Å². The number of rotatable bonds is 6. The van der Waals surface area contributed by atoms with Crippen LogP contribution in [-0.2, 0) is 9.47 Å². The van der Waals surface area contributed by atoms with Gasteiger partial charge in [0.2, 0.25) is 5.95 Å². The Morgan fingerprint density at radius 3 is 1.89 bits per heavy atom. The van der Waals surface area contributed by atoms with Crippen LogP contribution in [0.15, 0.2) is 24.5 Å². The topological polar surface area (TPSA) is 101 Å². The number of anilines is 3. The number of hydrogen-bond acceptors (Lipinski definition) is 10. The zero-order valence-corrected chi connectivity index (χ0v) is 21.1. The van der Waals surface area contributed by atoms with E-state index in [4.69, 9.17) is 9.47 Å². The van der Waals surface area contributed by atoms with Crippen molar-refractivity contribution in [3.63, 3.8) is 0 Å². The molecule has 3 saturated heterocycles. The van der Waals surface area contributed by atoms with Crippen LogP contribution in [0.4, 0.5) is 17.6 Å². The third-order valence-electron chi connectivity index (χ3n) is 6.75. The first-order valence-electron chi connectivity index (χ1n) is 12.8. The molecule has 2 aromatic heterocycles. The first kappa shape index (κ1) is 24.1. The standard InChI is InChI=1S/C15H25N5O.C10H13N3O/c1-15(2,3)20-8-6-19(7-9-20)14-16-5-4-13(18-14)17-12-10-21-11-12;1-2-7(1)10-11-4-3-9(13-10)12-8-5-14-6-8/h4-5,12H,6-11H2,1-3H3,(H,16,17,18);3-4,7-8H,1-2,5-6H2,(H,11,12,13). The van der Waals surface area contributed by atoms with Gasteiger partial charge < -0.3 is 25.0 Å². The van der Waals surface area contributed by atoms with E-state index in [1.165, 1.54) is 12.8 Å². The lowest BCUT2D eigenvalue weighted by molar-refractivity contribution is 0.0209. The van der Waals surface area contributed by atoms with E-state index in [1.54, 1.807) is 0 Å². The van der Waals surface area contributed by atoms with Crippen LogP contribution in [0.3, 0.4) is 0 Å². The predicted molar refractivity (Wildman–Crippen MR) is 136 cm³/mol. The summed E-state index contributed by atoms with van der Waals surface area (Å²) in [6.07, 6.45) is 6.16. The number of ether oxygens (including phenoxy) is 2. The van der Waals surface area contributed by atoms with Gasteiger partial charge in [-0.15, -0.1) is 0 Å². The van der Waals surface area contributed by atoms with Crippen molar-refractivity contribution in [1.82, 2.24) is 24.8 Å². The van der Waals surface area contributed by atoms with Gasteiger partial charge in [0.1, 0.15) is 17.5 Å². The summed E-state index contributed by atoms with van der Waals surface area (Å²) in [6.45, 7) is 14.0. The van der Waals surface area contributed by atoms with Gasteiger partial charge in [-0.3, -0.25) is 4.90 Å². The normalized spacial score (nSPS) is 21.4. The van der Waals surface area contributed by atoms with Gasteiger partial charge in [0.05, 0.1) is 38.5 Å². The lowest BCUT2D eigenvalue weighted by Crippen LogP contribution is -2.53. The van der Waals surface area contributed by atoms with Gasteiger partial charge in [0.15, 0.2) is 0 Å².